The molecule has 0 atom stereocenters. The number of pyridine rings is 1. The lowest BCUT2D eigenvalue weighted by Gasteiger charge is -2.24. The van der Waals surface area contributed by atoms with Crippen molar-refractivity contribution in [2.24, 2.45) is 0 Å². The van der Waals surface area contributed by atoms with E-state index >= 15 is 0 Å². The molecule has 0 saturated carbocycles. The first-order valence-electron chi connectivity index (χ1n) is 8.88. The SMILES string of the molecule is CCC(=O)c1cn(CP(=O)(OC(C)C)OC(C)C)c2cc(Cl)ccc2c1=O. The van der Waals surface area contributed by atoms with E-state index in [1.54, 1.807) is 57.4 Å². The minimum Gasteiger partial charge on any atom is -0.334 e. The van der Waals surface area contributed by atoms with Crippen LogP contribution < -0.4 is 5.43 Å². The molecule has 1 heterocycles. The van der Waals surface area contributed by atoms with Gasteiger partial charge >= 0.3 is 7.60 Å². The van der Waals surface area contributed by atoms with E-state index in [2.05, 4.69) is 0 Å². The Bertz CT molecular complexity index is 937. The number of hydrogen-bond donors (Lipinski definition) is 0. The Labute approximate surface area is 164 Å². The smallest absolute Gasteiger partial charge is 0.334 e. The molecule has 0 unspecified atom stereocenters. The highest BCUT2D eigenvalue weighted by Gasteiger charge is 2.29. The first-order chi connectivity index (χ1) is 12.6. The highest BCUT2D eigenvalue weighted by atomic mass is 35.5. The number of carbonyl (C=O) groups is 1. The molecular weight excluding hydrogens is 389 g/mol. The zero-order valence-electron chi connectivity index (χ0n) is 16.2. The molecule has 1 aromatic carbocycles. The Morgan fingerprint density at radius 3 is 2.30 bits per heavy atom. The van der Waals surface area contributed by atoms with Crippen LogP contribution in [0, 0.1) is 0 Å². The molecule has 2 aromatic rings. The van der Waals surface area contributed by atoms with Crippen LogP contribution in [-0.4, -0.2) is 22.6 Å². The number of Topliss-reactive ketones (excluding diaryl/α,β-unsaturated/α-hetero) is 1. The van der Waals surface area contributed by atoms with Crippen molar-refractivity contribution in [1.29, 1.82) is 0 Å². The largest absolute Gasteiger partial charge is 0.350 e. The summed E-state index contributed by atoms with van der Waals surface area (Å²) in [5.41, 5.74) is 0.155. The average molecular weight is 414 g/mol. The van der Waals surface area contributed by atoms with Crippen molar-refractivity contribution in [1.82, 2.24) is 4.57 Å². The zero-order chi connectivity index (χ0) is 20.4. The molecule has 1 aromatic heterocycles. The molecule has 0 aliphatic carbocycles. The molecule has 0 amide bonds. The summed E-state index contributed by atoms with van der Waals surface area (Å²) in [6.07, 6.45) is 0.843. The van der Waals surface area contributed by atoms with Crippen molar-refractivity contribution in [3.8, 4) is 0 Å². The van der Waals surface area contributed by atoms with E-state index in [4.69, 9.17) is 20.6 Å². The van der Waals surface area contributed by atoms with Gasteiger partial charge in [0.05, 0.1) is 23.3 Å². The van der Waals surface area contributed by atoms with Gasteiger partial charge in [0.1, 0.15) is 6.29 Å². The zero-order valence-corrected chi connectivity index (χ0v) is 17.8. The highest BCUT2D eigenvalue weighted by Crippen LogP contribution is 2.52. The van der Waals surface area contributed by atoms with Crippen LogP contribution in [0.25, 0.3) is 10.9 Å². The lowest BCUT2D eigenvalue weighted by Crippen LogP contribution is -2.20. The number of ketones is 1. The normalized spacial score (nSPS) is 12.3. The number of fused-ring (bicyclic) bond motifs is 1. The maximum Gasteiger partial charge on any atom is 0.350 e. The van der Waals surface area contributed by atoms with Crippen molar-refractivity contribution in [3.63, 3.8) is 0 Å². The van der Waals surface area contributed by atoms with E-state index in [9.17, 15) is 14.2 Å². The standard InChI is InChI=1S/C19H25ClNO5P/c1-6-18(22)16-10-21(11-27(24,25-12(2)3)26-13(4)5)17-9-14(20)7-8-15(17)19(16)23/h7-10,12-13H,6,11H2,1-5H3. The molecule has 8 heteroatoms. The van der Waals surface area contributed by atoms with Crippen molar-refractivity contribution in [2.75, 3.05) is 0 Å². The minimum absolute atomic E-state index is 0.0490. The van der Waals surface area contributed by atoms with Crippen molar-refractivity contribution >= 4 is 35.9 Å². The van der Waals surface area contributed by atoms with Gasteiger partial charge in [0, 0.05) is 23.0 Å². The second kappa shape index (κ2) is 8.70. The van der Waals surface area contributed by atoms with Crippen LogP contribution in [0.2, 0.25) is 5.02 Å². The lowest BCUT2D eigenvalue weighted by molar-refractivity contribution is 0.0986. The highest BCUT2D eigenvalue weighted by molar-refractivity contribution is 7.52. The summed E-state index contributed by atoms with van der Waals surface area (Å²) in [4.78, 5) is 25.0. The topological polar surface area (TPSA) is 74.6 Å². The predicted octanol–water partition coefficient (Wildman–Crippen LogP) is 5.25. The maximum absolute atomic E-state index is 13.3. The van der Waals surface area contributed by atoms with Crippen LogP contribution in [0.4, 0.5) is 0 Å². The van der Waals surface area contributed by atoms with Gasteiger partial charge in [0.25, 0.3) is 0 Å². The molecule has 27 heavy (non-hydrogen) atoms. The molecule has 0 bridgehead atoms. The van der Waals surface area contributed by atoms with Crippen LogP contribution in [0.3, 0.4) is 0 Å². The van der Waals surface area contributed by atoms with Crippen molar-refractivity contribution in [3.05, 3.63) is 45.2 Å². The van der Waals surface area contributed by atoms with E-state index in [-0.39, 0.29) is 41.7 Å². The molecule has 0 spiro atoms. The van der Waals surface area contributed by atoms with Crippen LogP contribution in [0.15, 0.2) is 29.2 Å². The maximum atomic E-state index is 13.3. The summed E-state index contributed by atoms with van der Waals surface area (Å²) in [5, 5.41) is 0.758. The number of halogens is 1. The van der Waals surface area contributed by atoms with Crippen LogP contribution in [-0.2, 0) is 19.9 Å². The summed E-state index contributed by atoms with van der Waals surface area (Å²) in [5.74, 6) is -0.282. The molecule has 0 saturated heterocycles. The van der Waals surface area contributed by atoms with E-state index < -0.39 is 7.60 Å². The molecule has 2 rings (SSSR count). The van der Waals surface area contributed by atoms with Gasteiger partial charge in [-0.15, -0.1) is 0 Å². The summed E-state index contributed by atoms with van der Waals surface area (Å²) in [6.45, 7) is 8.75. The second-order valence-electron chi connectivity index (χ2n) is 6.84. The van der Waals surface area contributed by atoms with Crippen molar-refractivity contribution < 1.29 is 18.4 Å². The molecule has 0 fully saturated rings. The van der Waals surface area contributed by atoms with Crippen LogP contribution in [0.5, 0.6) is 0 Å². The third kappa shape index (κ3) is 5.29. The fourth-order valence-electron chi connectivity index (χ4n) is 2.79. The molecule has 0 N–H and O–H groups in total. The molecular formula is C19H25ClNO5P. The van der Waals surface area contributed by atoms with E-state index in [0.29, 0.717) is 15.9 Å². The third-order valence-corrected chi connectivity index (χ3v) is 6.11. The van der Waals surface area contributed by atoms with Gasteiger partial charge in [0.2, 0.25) is 0 Å². The number of carbonyl (C=O) groups excluding carboxylic acids is 1. The number of benzene rings is 1. The van der Waals surface area contributed by atoms with E-state index in [0.717, 1.165) is 0 Å². The fourth-order valence-corrected chi connectivity index (χ4v) is 5.03. The number of hydrogen-bond acceptors (Lipinski definition) is 5. The molecule has 148 valence electrons. The Morgan fingerprint density at radius 1 is 1.19 bits per heavy atom. The Hall–Kier alpha value is -1.46. The average Bonchev–Trinajstić information content (AvgIpc) is 2.54. The Balaban J connectivity index is 2.69. The summed E-state index contributed by atoms with van der Waals surface area (Å²) in [7, 11) is -3.54. The molecule has 0 aliphatic rings. The number of rotatable bonds is 8. The predicted molar refractivity (Wildman–Crippen MR) is 108 cm³/mol. The quantitative estimate of drug-likeness (QED) is 0.436. The first-order valence-corrected chi connectivity index (χ1v) is 11.0. The van der Waals surface area contributed by atoms with Crippen LogP contribution in [0.1, 0.15) is 51.4 Å². The second-order valence-corrected chi connectivity index (χ2v) is 9.20. The molecule has 0 radical (unpaired) electrons. The fraction of sp³-hybridized carbons (Fsp3) is 0.474. The van der Waals surface area contributed by atoms with Gasteiger partial charge in [-0.1, -0.05) is 18.5 Å². The molecule has 6 nitrogen and oxygen atoms in total. The summed E-state index contributed by atoms with van der Waals surface area (Å²) in [6, 6.07) is 4.76. The summed E-state index contributed by atoms with van der Waals surface area (Å²) < 4.78 is 26.1. The molecule has 0 aliphatic heterocycles. The van der Waals surface area contributed by atoms with Gasteiger partial charge in [-0.2, -0.15) is 0 Å². The van der Waals surface area contributed by atoms with Gasteiger partial charge in [-0.25, -0.2) is 0 Å². The Morgan fingerprint density at radius 2 is 1.78 bits per heavy atom. The van der Waals surface area contributed by atoms with Crippen LogP contribution >= 0.6 is 19.2 Å². The third-order valence-electron chi connectivity index (χ3n) is 3.73. The van der Waals surface area contributed by atoms with Gasteiger partial charge in [-0.05, 0) is 45.9 Å². The van der Waals surface area contributed by atoms with E-state index in [1.807, 2.05) is 0 Å². The number of aromatic nitrogens is 1. The monoisotopic (exact) mass is 413 g/mol. The van der Waals surface area contributed by atoms with Gasteiger partial charge < -0.3 is 13.6 Å². The number of nitrogens with zero attached hydrogens (tertiary/aromatic N) is 1. The summed E-state index contributed by atoms with van der Waals surface area (Å²) >= 11 is 6.10. The van der Waals surface area contributed by atoms with E-state index in [1.165, 1.54) is 6.20 Å². The lowest BCUT2D eigenvalue weighted by atomic mass is 10.1. The first kappa shape index (κ1) is 21.8. The van der Waals surface area contributed by atoms with Crippen molar-refractivity contribution in [2.45, 2.75) is 59.5 Å². The Kier molecular flexibility index (Phi) is 7.03. The van der Waals surface area contributed by atoms with Gasteiger partial charge in [0.15, 0.2) is 11.2 Å². The van der Waals surface area contributed by atoms with Gasteiger partial charge in [-0.3, -0.25) is 14.2 Å². The minimum atomic E-state index is -3.54.